The van der Waals surface area contributed by atoms with Crippen LogP contribution in [0.1, 0.15) is 40.0 Å². The van der Waals surface area contributed by atoms with Crippen LogP contribution in [-0.4, -0.2) is 5.78 Å². The molecule has 15 heavy (non-hydrogen) atoms. The molecule has 0 fully saturated rings. The minimum atomic E-state index is 0.139. The number of Topliss-reactive ketones (excluding diaryl/α,β-unsaturated/α-hetero) is 1. The van der Waals surface area contributed by atoms with Crippen LogP contribution in [0.4, 0.5) is 0 Å². The van der Waals surface area contributed by atoms with E-state index < -0.39 is 0 Å². The molecule has 0 saturated heterocycles. The number of hydrogen-bond acceptors (Lipinski definition) is 1. The van der Waals surface area contributed by atoms with Gasteiger partial charge < -0.3 is 0 Å². The highest BCUT2D eigenvalue weighted by Crippen LogP contribution is 2.29. The zero-order valence-corrected chi connectivity index (χ0v) is 9.92. The Morgan fingerprint density at radius 2 is 2.27 bits per heavy atom. The van der Waals surface area contributed by atoms with Crippen LogP contribution in [0.15, 0.2) is 36.0 Å². The third-order valence-electron chi connectivity index (χ3n) is 2.58. The molecule has 1 aliphatic carbocycles. The van der Waals surface area contributed by atoms with Gasteiger partial charge in [0, 0.05) is 12.0 Å². The van der Waals surface area contributed by atoms with Gasteiger partial charge >= 0.3 is 0 Å². The maximum atomic E-state index is 11.8. The molecule has 0 N–H and O–H groups in total. The lowest BCUT2D eigenvalue weighted by molar-refractivity contribution is -0.115. The normalized spacial score (nSPS) is 19.3. The summed E-state index contributed by atoms with van der Waals surface area (Å²) in [5, 5.41) is 0. The fourth-order valence-electron chi connectivity index (χ4n) is 1.72. The molecule has 1 rings (SSSR count). The van der Waals surface area contributed by atoms with E-state index in [4.69, 9.17) is 0 Å². The van der Waals surface area contributed by atoms with Crippen LogP contribution < -0.4 is 0 Å². The van der Waals surface area contributed by atoms with Crippen molar-refractivity contribution in [3.05, 3.63) is 36.0 Å². The third-order valence-corrected chi connectivity index (χ3v) is 2.58. The molecule has 0 radical (unpaired) electrons. The molecule has 0 unspecified atom stereocenters. The minimum absolute atomic E-state index is 0.139. The summed E-state index contributed by atoms with van der Waals surface area (Å²) in [5.41, 5.74) is 1.02. The van der Waals surface area contributed by atoms with Crippen molar-refractivity contribution < 1.29 is 4.79 Å². The van der Waals surface area contributed by atoms with Gasteiger partial charge in [-0.15, -0.1) is 0 Å². The van der Waals surface area contributed by atoms with Gasteiger partial charge in [0.15, 0.2) is 5.78 Å². The van der Waals surface area contributed by atoms with E-state index in [2.05, 4.69) is 26.0 Å². The van der Waals surface area contributed by atoms with Gasteiger partial charge in [-0.2, -0.15) is 0 Å². The third kappa shape index (κ3) is 3.86. The SMILES string of the molecule is C/C=C/CCC(=O)C1=CC(C)(C)CC=C1. The molecule has 0 aliphatic heterocycles. The van der Waals surface area contributed by atoms with E-state index >= 15 is 0 Å². The largest absolute Gasteiger partial charge is 0.294 e. The summed E-state index contributed by atoms with van der Waals surface area (Å²) in [4.78, 5) is 11.8. The Hall–Kier alpha value is -1.11. The summed E-state index contributed by atoms with van der Waals surface area (Å²) in [5.74, 6) is 0.261. The number of rotatable bonds is 4. The van der Waals surface area contributed by atoms with Crippen LogP contribution in [0.3, 0.4) is 0 Å². The lowest BCUT2D eigenvalue weighted by Gasteiger charge is -2.22. The summed E-state index contributed by atoms with van der Waals surface area (Å²) < 4.78 is 0. The second kappa shape index (κ2) is 5.11. The molecule has 0 atom stereocenters. The molecular weight excluding hydrogens is 184 g/mol. The van der Waals surface area contributed by atoms with Crippen molar-refractivity contribution >= 4 is 5.78 Å². The lowest BCUT2D eigenvalue weighted by Crippen LogP contribution is -2.13. The van der Waals surface area contributed by atoms with Gasteiger partial charge in [0.25, 0.3) is 0 Å². The van der Waals surface area contributed by atoms with E-state index in [9.17, 15) is 4.79 Å². The van der Waals surface area contributed by atoms with Gasteiger partial charge in [-0.3, -0.25) is 4.79 Å². The van der Waals surface area contributed by atoms with Crippen molar-refractivity contribution in [1.29, 1.82) is 0 Å². The molecule has 1 nitrogen and oxygen atoms in total. The van der Waals surface area contributed by atoms with Crippen molar-refractivity contribution in [1.82, 2.24) is 0 Å². The summed E-state index contributed by atoms with van der Waals surface area (Å²) in [7, 11) is 0. The average Bonchev–Trinajstić information content (AvgIpc) is 2.16. The molecule has 0 bridgehead atoms. The van der Waals surface area contributed by atoms with E-state index in [1.54, 1.807) is 0 Å². The summed E-state index contributed by atoms with van der Waals surface area (Å²) >= 11 is 0. The van der Waals surface area contributed by atoms with E-state index in [1.165, 1.54) is 0 Å². The summed E-state index contributed by atoms with van der Waals surface area (Å²) in [6, 6.07) is 0. The topological polar surface area (TPSA) is 17.1 Å². The van der Waals surface area contributed by atoms with Gasteiger partial charge in [0.05, 0.1) is 0 Å². The molecule has 0 saturated carbocycles. The van der Waals surface area contributed by atoms with E-state index in [-0.39, 0.29) is 11.2 Å². The first-order valence-electron chi connectivity index (χ1n) is 5.59. The molecule has 1 aliphatic rings. The second-order valence-electron chi connectivity index (χ2n) is 4.73. The molecule has 0 aromatic carbocycles. The quantitative estimate of drug-likeness (QED) is 0.636. The molecule has 0 amide bonds. The van der Waals surface area contributed by atoms with Gasteiger partial charge in [0.2, 0.25) is 0 Å². The Bertz CT molecular complexity index is 316. The highest BCUT2D eigenvalue weighted by molar-refractivity contribution is 5.98. The average molecular weight is 204 g/mol. The van der Waals surface area contributed by atoms with Crippen molar-refractivity contribution in [3.8, 4) is 0 Å². The van der Waals surface area contributed by atoms with Gasteiger partial charge in [-0.25, -0.2) is 0 Å². The zero-order chi connectivity index (χ0) is 11.3. The van der Waals surface area contributed by atoms with Crippen molar-refractivity contribution in [2.24, 2.45) is 5.41 Å². The van der Waals surface area contributed by atoms with Crippen LogP contribution in [-0.2, 0) is 4.79 Å². The molecular formula is C14H20O. The zero-order valence-electron chi connectivity index (χ0n) is 9.92. The van der Waals surface area contributed by atoms with Crippen LogP contribution in [0.2, 0.25) is 0 Å². The Morgan fingerprint density at radius 1 is 1.53 bits per heavy atom. The molecule has 0 heterocycles. The van der Waals surface area contributed by atoms with Crippen LogP contribution in [0.25, 0.3) is 0 Å². The monoisotopic (exact) mass is 204 g/mol. The van der Waals surface area contributed by atoms with Crippen LogP contribution in [0.5, 0.6) is 0 Å². The number of ketones is 1. The highest BCUT2D eigenvalue weighted by Gasteiger charge is 2.19. The predicted molar refractivity (Wildman–Crippen MR) is 64.7 cm³/mol. The fraction of sp³-hybridized carbons (Fsp3) is 0.500. The Kier molecular flexibility index (Phi) is 4.07. The smallest absolute Gasteiger partial charge is 0.162 e. The summed E-state index contributed by atoms with van der Waals surface area (Å²) in [6.45, 7) is 6.30. The van der Waals surface area contributed by atoms with Gasteiger partial charge in [-0.05, 0) is 25.2 Å². The number of allylic oxidation sites excluding steroid dienone is 6. The first-order chi connectivity index (χ1) is 7.05. The maximum Gasteiger partial charge on any atom is 0.162 e. The molecule has 0 aromatic rings. The van der Waals surface area contributed by atoms with Crippen molar-refractivity contribution in [3.63, 3.8) is 0 Å². The molecule has 82 valence electrons. The number of carbonyl (C=O) groups excluding carboxylic acids is 1. The number of carbonyl (C=O) groups is 1. The van der Waals surface area contributed by atoms with Crippen molar-refractivity contribution in [2.75, 3.05) is 0 Å². The predicted octanol–water partition coefficient (Wildman–Crippen LogP) is 3.82. The van der Waals surface area contributed by atoms with Crippen molar-refractivity contribution in [2.45, 2.75) is 40.0 Å². The standard InChI is InChI=1S/C14H20O/c1-4-5-6-9-13(15)12-8-7-10-14(2,3)11-12/h4-5,7-8,11H,6,9-10H2,1-3H3/b5-4+. The Labute approximate surface area is 92.6 Å². The maximum absolute atomic E-state index is 11.8. The molecule has 0 spiro atoms. The van der Waals surface area contributed by atoms with Gasteiger partial charge in [-0.1, -0.05) is 44.2 Å². The lowest BCUT2D eigenvalue weighted by atomic mass is 9.82. The van der Waals surface area contributed by atoms with E-state index in [0.29, 0.717) is 6.42 Å². The van der Waals surface area contributed by atoms with Crippen LogP contribution >= 0.6 is 0 Å². The first-order valence-corrected chi connectivity index (χ1v) is 5.59. The first kappa shape index (κ1) is 12.0. The van der Waals surface area contributed by atoms with E-state index in [0.717, 1.165) is 18.4 Å². The van der Waals surface area contributed by atoms with Gasteiger partial charge in [0.1, 0.15) is 0 Å². The minimum Gasteiger partial charge on any atom is -0.294 e. The van der Waals surface area contributed by atoms with Crippen LogP contribution in [0, 0.1) is 5.41 Å². The summed E-state index contributed by atoms with van der Waals surface area (Å²) in [6.07, 6.45) is 12.7. The number of hydrogen-bond donors (Lipinski definition) is 0. The fourth-order valence-corrected chi connectivity index (χ4v) is 1.72. The second-order valence-corrected chi connectivity index (χ2v) is 4.73. The Balaban J connectivity index is 2.60. The molecule has 1 heteroatoms. The highest BCUT2D eigenvalue weighted by atomic mass is 16.1. The Morgan fingerprint density at radius 3 is 2.87 bits per heavy atom. The molecule has 0 aromatic heterocycles. The van der Waals surface area contributed by atoms with E-state index in [1.807, 2.05) is 25.2 Å².